The molecule has 0 N–H and O–H groups in total. The minimum atomic E-state index is 0.460. The quantitative estimate of drug-likeness (QED) is 0.347. The number of nitrogens with zero attached hydrogens (tertiary/aromatic N) is 1. The number of hydrogen-bond acceptors (Lipinski definition) is 1. The van der Waals surface area contributed by atoms with Crippen LogP contribution in [-0.2, 0) is 0 Å². The number of benzene rings is 3. The lowest BCUT2D eigenvalue weighted by Crippen LogP contribution is -2.05. The molecule has 1 heteroatoms. The molecule has 0 radical (unpaired) electrons. The zero-order chi connectivity index (χ0) is 19.6. The standard InChI is InChI=1S/C27H29N/c1-16-11-17(2)13-20(12-16)26-22-8-6-7-21-23(19-9-10-27(4,5)15-19)14-18(3)25(28-26)24(21)22/h6-8,11-14,19H,9-10,15H2,1-5H3. The van der Waals surface area contributed by atoms with Gasteiger partial charge < -0.3 is 0 Å². The summed E-state index contributed by atoms with van der Waals surface area (Å²) in [6, 6.07) is 16.0. The molecule has 1 aliphatic heterocycles. The van der Waals surface area contributed by atoms with Gasteiger partial charge in [-0.2, -0.15) is 0 Å². The molecule has 1 heterocycles. The molecule has 0 bridgehead atoms. The number of aliphatic imine (C=N–C) groups is 1. The van der Waals surface area contributed by atoms with Crippen molar-refractivity contribution in [3.8, 4) is 0 Å². The van der Waals surface area contributed by atoms with Crippen molar-refractivity contribution in [1.29, 1.82) is 0 Å². The van der Waals surface area contributed by atoms with Crippen molar-refractivity contribution >= 4 is 22.2 Å². The molecule has 3 aromatic rings. The van der Waals surface area contributed by atoms with Gasteiger partial charge >= 0.3 is 0 Å². The Kier molecular flexibility index (Phi) is 3.81. The summed E-state index contributed by atoms with van der Waals surface area (Å²) >= 11 is 0. The van der Waals surface area contributed by atoms with E-state index in [1.165, 1.54) is 63.5 Å². The molecule has 0 amide bonds. The molecule has 1 aliphatic carbocycles. The van der Waals surface area contributed by atoms with Gasteiger partial charge in [0.25, 0.3) is 0 Å². The molecule has 0 aromatic heterocycles. The van der Waals surface area contributed by atoms with Gasteiger partial charge in [0, 0.05) is 16.5 Å². The average molecular weight is 368 g/mol. The van der Waals surface area contributed by atoms with E-state index in [9.17, 15) is 0 Å². The van der Waals surface area contributed by atoms with Gasteiger partial charge in [0.15, 0.2) is 0 Å². The maximum absolute atomic E-state index is 5.16. The Bertz CT molecular complexity index is 1130. The summed E-state index contributed by atoms with van der Waals surface area (Å²) in [5, 5.41) is 2.79. The fourth-order valence-electron chi connectivity index (χ4n) is 5.51. The van der Waals surface area contributed by atoms with Crippen molar-refractivity contribution < 1.29 is 0 Å². The normalized spacial score (nSPS) is 20.0. The van der Waals surface area contributed by atoms with Gasteiger partial charge in [-0.1, -0.05) is 55.3 Å². The zero-order valence-corrected chi connectivity index (χ0v) is 17.7. The third-order valence-electron chi connectivity index (χ3n) is 6.74. The first-order chi connectivity index (χ1) is 13.3. The van der Waals surface area contributed by atoms with Crippen LogP contribution < -0.4 is 0 Å². The summed E-state index contributed by atoms with van der Waals surface area (Å²) in [4.78, 5) is 5.16. The minimum Gasteiger partial charge on any atom is -0.247 e. The van der Waals surface area contributed by atoms with E-state index in [0.29, 0.717) is 11.3 Å². The van der Waals surface area contributed by atoms with Crippen LogP contribution in [0.25, 0.3) is 10.8 Å². The maximum Gasteiger partial charge on any atom is 0.0789 e. The molecule has 3 aromatic carbocycles. The molecule has 1 atom stereocenters. The van der Waals surface area contributed by atoms with E-state index in [0.717, 1.165) is 5.71 Å². The van der Waals surface area contributed by atoms with E-state index in [2.05, 4.69) is 77.1 Å². The number of rotatable bonds is 2. The average Bonchev–Trinajstić information content (AvgIpc) is 3.19. The molecule has 0 saturated heterocycles. The molecule has 1 fully saturated rings. The first-order valence-electron chi connectivity index (χ1n) is 10.6. The predicted octanol–water partition coefficient (Wildman–Crippen LogP) is 7.54. The van der Waals surface area contributed by atoms with Crippen molar-refractivity contribution in [3.05, 3.63) is 75.8 Å². The van der Waals surface area contributed by atoms with Gasteiger partial charge in [0.1, 0.15) is 0 Å². The first-order valence-corrected chi connectivity index (χ1v) is 10.6. The third kappa shape index (κ3) is 2.71. The number of hydrogen-bond donors (Lipinski definition) is 0. The van der Waals surface area contributed by atoms with E-state index in [1.54, 1.807) is 5.56 Å². The van der Waals surface area contributed by atoms with Crippen LogP contribution in [0.3, 0.4) is 0 Å². The molecule has 2 aliphatic rings. The maximum atomic E-state index is 5.16. The van der Waals surface area contributed by atoms with Gasteiger partial charge in [-0.3, -0.25) is 0 Å². The first kappa shape index (κ1) is 17.7. The highest BCUT2D eigenvalue weighted by atomic mass is 14.8. The Labute approximate surface area is 168 Å². The van der Waals surface area contributed by atoms with Crippen molar-refractivity contribution in [2.45, 2.75) is 59.8 Å². The smallest absolute Gasteiger partial charge is 0.0789 e. The highest BCUT2D eigenvalue weighted by Gasteiger charge is 2.34. The van der Waals surface area contributed by atoms with Crippen molar-refractivity contribution in [3.63, 3.8) is 0 Å². The molecule has 5 rings (SSSR count). The predicted molar refractivity (Wildman–Crippen MR) is 120 cm³/mol. The largest absolute Gasteiger partial charge is 0.247 e. The molecular formula is C27H29N. The summed E-state index contributed by atoms with van der Waals surface area (Å²) < 4.78 is 0. The number of aryl methyl sites for hydroxylation is 3. The van der Waals surface area contributed by atoms with E-state index in [4.69, 9.17) is 4.99 Å². The summed E-state index contributed by atoms with van der Waals surface area (Å²) in [7, 11) is 0. The molecule has 28 heavy (non-hydrogen) atoms. The highest BCUT2D eigenvalue weighted by molar-refractivity contribution is 6.27. The monoisotopic (exact) mass is 367 g/mol. The van der Waals surface area contributed by atoms with E-state index < -0.39 is 0 Å². The Balaban J connectivity index is 1.71. The lowest BCUT2D eigenvalue weighted by Gasteiger charge is -2.19. The van der Waals surface area contributed by atoms with Gasteiger partial charge in [0.05, 0.1) is 11.4 Å². The molecule has 142 valence electrons. The van der Waals surface area contributed by atoms with Crippen LogP contribution in [0, 0.1) is 26.2 Å². The highest BCUT2D eigenvalue weighted by Crippen LogP contribution is 2.50. The van der Waals surface area contributed by atoms with Crippen LogP contribution >= 0.6 is 0 Å². The van der Waals surface area contributed by atoms with E-state index in [-0.39, 0.29) is 0 Å². The summed E-state index contributed by atoms with van der Waals surface area (Å²) in [5.74, 6) is 0.670. The lowest BCUT2D eigenvalue weighted by atomic mass is 9.85. The summed E-state index contributed by atoms with van der Waals surface area (Å²) in [6.45, 7) is 11.4. The van der Waals surface area contributed by atoms with Crippen LogP contribution in [0.1, 0.15) is 72.4 Å². The van der Waals surface area contributed by atoms with Crippen LogP contribution in [0.15, 0.2) is 47.5 Å². The Morgan fingerprint density at radius 1 is 0.964 bits per heavy atom. The van der Waals surface area contributed by atoms with Crippen molar-refractivity contribution in [1.82, 2.24) is 0 Å². The van der Waals surface area contributed by atoms with E-state index in [1.807, 2.05) is 0 Å². The Morgan fingerprint density at radius 3 is 2.39 bits per heavy atom. The van der Waals surface area contributed by atoms with Gasteiger partial charge in [-0.05, 0) is 80.0 Å². The Morgan fingerprint density at radius 2 is 1.71 bits per heavy atom. The van der Waals surface area contributed by atoms with E-state index >= 15 is 0 Å². The molecule has 0 spiro atoms. The second kappa shape index (κ2) is 6.04. The van der Waals surface area contributed by atoms with Crippen LogP contribution in [0.2, 0.25) is 0 Å². The second-order valence-electron chi connectivity index (χ2n) is 9.80. The molecule has 1 nitrogen and oxygen atoms in total. The van der Waals surface area contributed by atoms with Crippen molar-refractivity contribution in [2.24, 2.45) is 10.4 Å². The minimum absolute atomic E-state index is 0.460. The second-order valence-corrected chi connectivity index (χ2v) is 9.80. The van der Waals surface area contributed by atoms with Crippen molar-refractivity contribution in [2.75, 3.05) is 0 Å². The fourth-order valence-corrected chi connectivity index (χ4v) is 5.51. The van der Waals surface area contributed by atoms with Crippen LogP contribution in [0.5, 0.6) is 0 Å². The van der Waals surface area contributed by atoms with Gasteiger partial charge in [-0.25, -0.2) is 4.99 Å². The van der Waals surface area contributed by atoms with Crippen LogP contribution in [-0.4, -0.2) is 5.71 Å². The van der Waals surface area contributed by atoms with Gasteiger partial charge in [-0.15, -0.1) is 0 Å². The lowest BCUT2D eigenvalue weighted by molar-refractivity contribution is 0.376. The van der Waals surface area contributed by atoms with Crippen LogP contribution in [0.4, 0.5) is 5.69 Å². The topological polar surface area (TPSA) is 12.4 Å². The summed E-state index contributed by atoms with van der Waals surface area (Å²) in [5.41, 5.74) is 10.8. The molecular weight excluding hydrogens is 338 g/mol. The zero-order valence-electron chi connectivity index (χ0n) is 17.7. The third-order valence-corrected chi connectivity index (χ3v) is 6.74. The molecule has 1 unspecified atom stereocenters. The molecule has 1 saturated carbocycles. The Hall–Kier alpha value is -2.41. The SMILES string of the molecule is Cc1cc(C)cc(C2=Nc3c(C)cc(C4CCC(C)(C)C4)c4cccc2c34)c1. The fraction of sp³-hybridized carbons (Fsp3) is 0.370. The summed E-state index contributed by atoms with van der Waals surface area (Å²) in [6.07, 6.45) is 3.91. The van der Waals surface area contributed by atoms with Gasteiger partial charge in [0.2, 0.25) is 0 Å².